The summed E-state index contributed by atoms with van der Waals surface area (Å²) in [5.74, 6) is 1.67. The summed E-state index contributed by atoms with van der Waals surface area (Å²) in [6.45, 7) is 2.61. The van der Waals surface area contributed by atoms with Crippen LogP contribution < -0.4 is 10.1 Å². The van der Waals surface area contributed by atoms with Crippen molar-refractivity contribution in [3.05, 3.63) is 82.8 Å². The van der Waals surface area contributed by atoms with E-state index in [4.69, 9.17) is 4.74 Å². The van der Waals surface area contributed by atoms with Gasteiger partial charge in [-0.3, -0.25) is 4.79 Å². The highest BCUT2D eigenvalue weighted by Crippen LogP contribution is 2.39. The third-order valence-corrected chi connectivity index (χ3v) is 5.66. The SMILES string of the molecule is Cc1ccccc1COc1ccc(C2C3=C(CCCC3=O)Nc3ncnn32)cc1. The molecule has 146 valence electrons. The highest BCUT2D eigenvalue weighted by molar-refractivity contribution is 5.99. The molecular formula is C23H22N4O2. The quantitative estimate of drug-likeness (QED) is 0.728. The average Bonchev–Trinajstić information content (AvgIpc) is 3.20. The zero-order valence-electron chi connectivity index (χ0n) is 16.3. The van der Waals surface area contributed by atoms with Crippen LogP contribution >= 0.6 is 0 Å². The van der Waals surface area contributed by atoms with Gasteiger partial charge in [0.1, 0.15) is 24.7 Å². The molecule has 0 saturated carbocycles. The standard InChI is InChI=1S/C23H22N4O2/c1-15-5-2-3-6-17(15)13-29-18-11-9-16(10-12-18)22-21-19(7-4-8-20(21)28)26-23-24-14-25-27(22)23/h2-3,5-6,9-12,14,22H,4,7-8,13H2,1H3,(H,24,25,26). The number of ketones is 1. The van der Waals surface area contributed by atoms with Crippen LogP contribution in [0.3, 0.4) is 0 Å². The maximum atomic E-state index is 12.7. The number of fused-ring (bicyclic) bond motifs is 1. The molecule has 1 N–H and O–H groups in total. The van der Waals surface area contributed by atoms with Gasteiger partial charge in [-0.25, -0.2) is 4.68 Å². The number of rotatable bonds is 4. The Morgan fingerprint density at radius 3 is 2.79 bits per heavy atom. The zero-order chi connectivity index (χ0) is 19.8. The van der Waals surface area contributed by atoms with Crippen LogP contribution in [0.2, 0.25) is 0 Å². The second-order valence-electron chi connectivity index (χ2n) is 7.51. The van der Waals surface area contributed by atoms with Crippen molar-refractivity contribution in [2.24, 2.45) is 0 Å². The number of benzene rings is 2. The molecule has 6 heteroatoms. The summed E-state index contributed by atoms with van der Waals surface area (Å²) in [4.78, 5) is 17.0. The van der Waals surface area contributed by atoms with E-state index in [-0.39, 0.29) is 11.8 Å². The van der Waals surface area contributed by atoms with Crippen LogP contribution in [0.5, 0.6) is 5.75 Å². The van der Waals surface area contributed by atoms with E-state index < -0.39 is 0 Å². The van der Waals surface area contributed by atoms with Crippen molar-refractivity contribution in [3.63, 3.8) is 0 Å². The van der Waals surface area contributed by atoms with Gasteiger partial charge in [0.2, 0.25) is 5.95 Å². The fourth-order valence-electron chi connectivity index (χ4n) is 4.08. The summed E-state index contributed by atoms with van der Waals surface area (Å²) >= 11 is 0. The first-order valence-corrected chi connectivity index (χ1v) is 9.91. The highest BCUT2D eigenvalue weighted by Gasteiger charge is 2.35. The van der Waals surface area contributed by atoms with Gasteiger partial charge in [-0.2, -0.15) is 10.1 Å². The lowest BCUT2D eigenvalue weighted by Gasteiger charge is -2.32. The van der Waals surface area contributed by atoms with Gasteiger partial charge < -0.3 is 10.1 Å². The van der Waals surface area contributed by atoms with Crippen LogP contribution in [-0.2, 0) is 11.4 Å². The minimum absolute atomic E-state index is 0.185. The van der Waals surface area contributed by atoms with E-state index in [1.165, 1.54) is 17.5 Å². The molecule has 0 amide bonds. The fraction of sp³-hybridized carbons (Fsp3) is 0.261. The molecule has 0 fully saturated rings. The molecule has 1 atom stereocenters. The van der Waals surface area contributed by atoms with Crippen LogP contribution in [-0.4, -0.2) is 20.5 Å². The first-order valence-electron chi connectivity index (χ1n) is 9.91. The summed E-state index contributed by atoms with van der Waals surface area (Å²) in [6.07, 6.45) is 3.84. The smallest absolute Gasteiger partial charge is 0.226 e. The Hall–Kier alpha value is -3.41. The molecule has 1 aliphatic carbocycles. The van der Waals surface area contributed by atoms with E-state index >= 15 is 0 Å². The Morgan fingerprint density at radius 1 is 1.14 bits per heavy atom. The number of allylic oxidation sites excluding steroid dienone is 2. The predicted octanol–water partition coefficient (Wildman–Crippen LogP) is 4.19. The largest absolute Gasteiger partial charge is 0.489 e. The van der Waals surface area contributed by atoms with E-state index in [0.717, 1.165) is 35.4 Å². The second-order valence-corrected chi connectivity index (χ2v) is 7.51. The average molecular weight is 386 g/mol. The Balaban J connectivity index is 1.42. The minimum Gasteiger partial charge on any atom is -0.489 e. The molecule has 2 aliphatic rings. The Labute approximate surface area is 169 Å². The van der Waals surface area contributed by atoms with E-state index in [0.29, 0.717) is 19.0 Å². The summed E-state index contributed by atoms with van der Waals surface area (Å²) in [5.41, 5.74) is 5.18. The number of anilines is 1. The van der Waals surface area contributed by atoms with Gasteiger partial charge in [0.15, 0.2) is 5.78 Å². The summed E-state index contributed by atoms with van der Waals surface area (Å²) in [6, 6.07) is 15.9. The van der Waals surface area contributed by atoms with Gasteiger partial charge in [0.05, 0.1) is 0 Å². The summed E-state index contributed by atoms with van der Waals surface area (Å²) < 4.78 is 7.77. The van der Waals surface area contributed by atoms with Crippen LogP contribution in [0, 0.1) is 6.92 Å². The predicted molar refractivity (Wildman–Crippen MR) is 110 cm³/mol. The molecule has 2 aromatic carbocycles. The molecule has 5 rings (SSSR count). The van der Waals surface area contributed by atoms with Crippen molar-refractivity contribution in [1.29, 1.82) is 0 Å². The molecule has 3 aromatic rings. The van der Waals surface area contributed by atoms with E-state index in [1.807, 2.05) is 36.4 Å². The molecule has 0 radical (unpaired) electrons. The van der Waals surface area contributed by atoms with Gasteiger partial charge >= 0.3 is 0 Å². The second kappa shape index (κ2) is 7.20. The highest BCUT2D eigenvalue weighted by atomic mass is 16.5. The molecule has 1 aliphatic heterocycles. The minimum atomic E-state index is -0.248. The molecular weight excluding hydrogens is 364 g/mol. The maximum Gasteiger partial charge on any atom is 0.226 e. The Kier molecular flexibility index (Phi) is 4.39. The number of nitrogens with one attached hydrogen (secondary N) is 1. The van der Waals surface area contributed by atoms with Crippen molar-refractivity contribution in [2.45, 2.75) is 38.8 Å². The van der Waals surface area contributed by atoms with Gasteiger partial charge in [-0.05, 0) is 48.6 Å². The molecule has 0 bridgehead atoms. The normalized spacial score (nSPS) is 18.1. The summed E-state index contributed by atoms with van der Waals surface area (Å²) in [7, 11) is 0. The fourth-order valence-corrected chi connectivity index (χ4v) is 4.08. The van der Waals surface area contributed by atoms with Gasteiger partial charge in [-0.1, -0.05) is 36.4 Å². The lowest BCUT2D eigenvalue weighted by molar-refractivity contribution is -0.116. The Morgan fingerprint density at radius 2 is 1.97 bits per heavy atom. The molecule has 2 heterocycles. The van der Waals surface area contributed by atoms with E-state index in [2.05, 4.69) is 34.5 Å². The number of aryl methyl sites for hydroxylation is 1. The number of carbonyl (C=O) groups is 1. The molecule has 0 saturated heterocycles. The number of nitrogens with zero attached hydrogens (tertiary/aromatic N) is 3. The zero-order valence-corrected chi connectivity index (χ0v) is 16.3. The molecule has 1 unspecified atom stereocenters. The molecule has 1 aromatic heterocycles. The van der Waals surface area contributed by atoms with E-state index in [1.54, 1.807) is 4.68 Å². The van der Waals surface area contributed by atoms with Crippen molar-refractivity contribution < 1.29 is 9.53 Å². The third-order valence-electron chi connectivity index (χ3n) is 5.66. The van der Waals surface area contributed by atoms with Crippen LogP contribution in [0.4, 0.5) is 5.95 Å². The van der Waals surface area contributed by atoms with E-state index in [9.17, 15) is 4.79 Å². The monoisotopic (exact) mass is 386 g/mol. The van der Waals surface area contributed by atoms with Crippen molar-refractivity contribution in [3.8, 4) is 5.75 Å². The van der Waals surface area contributed by atoms with Crippen LogP contribution in [0.25, 0.3) is 0 Å². The molecule has 6 nitrogen and oxygen atoms in total. The number of ether oxygens (including phenoxy) is 1. The van der Waals surface area contributed by atoms with Gasteiger partial charge in [0, 0.05) is 17.7 Å². The lowest BCUT2D eigenvalue weighted by Crippen LogP contribution is -2.31. The number of hydrogen-bond donors (Lipinski definition) is 1. The number of carbonyl (C=O) groups excluding carboxylic acids is 1. The molecule has 0 spiro atoms. The van der Waals surface area contributed by atoms with Gasteiger partial charge in [0.25, 0.3) is 0 Å². The maximum absolute atomic E-state index is 12.7. The number of hydrogen-bond acceptors (Lipinski definition) is 5. The van der Waals surface area contributed by atoms with Gasteiger partial charge in [-0.15, -0.1) is 0 Å². The number of Topliss-reactive ketones (excluding diaryl/α,β-unsaturated/α-hetero) is 1. The van der Waals surface area contributed by atoms with Crippen LogP contribution in [0.1, 0.15) is 42.0 Å². The topological polar surface area (TPSA) is 69.0 Å². The first-order chi connectivity index (χ1) is 14.2. The van der Waals surface area contributed by atoms with Crippen molar-refractivity contribution in [2.75, 3.05) is 5.32 Å². The summed E-state index contributed by atoms with van der Waals surface area (Å²) in [5, 5.41) is 7.66. The lowest BCUT2D eigenvalue weighted by atomic mass is 9.85. The number of aromatic nitrogens is 3. The first kappa shape index (κ1) is 17.7. The van der Waals surface area contributed by atoms with Crippen LogP contribution in [0.15, 0.2) is 66.1 Å². The van der Waals surface area contributed by atoms with Crippen molar-refractivity contribution >= 4 is 11.7 Å². The third kappa shape index (κ3) is 3.20. The van der Waals surface area contributed by atoms with Crippen molar-refractivity contribution in [1.82, 2.24) is 14.8 Å². The Bertz CT molecular complexity index is 1100. The molecule has 29 heavy (non-hydrogen) atoms.